The predicted molar refractivity (Wildman–Crippen MR) is 71.9 cm³/mol. The lowest BCUT2D eigenvalue weighted by Crippen LogP contribution is -2.36. The minimum absolute atomic E-state index is 0.140. The molecule has 1 aromatic heterocycles. The Labute approximate surface area is 108 Å². The molecule has 0 radical (unpaired) electrons. The normalized spacial score (nSPS) is 20.6. The summed E-state index contributed by atoms with van der Waals surface area (Å²) in [5.74, 6) is 0.524. The molecule has 2 N–H and O–H groups in total. The maximum atomic E-state index is 11.9. The fourth-order valence-electron chi connectivity index (χ4n) is 2.10. The van der Waals surface area contributed by atoms with Crippen molar-refractivity contribution in [2.45, 2.75) is 31.7 Å². The van der Waals surface area contributed by atoms with Gasteiger partial charge in [-0.15, -0.1) is 0 Å². The molecule has 6 heteroatoms. The van der Waals surface area contributed by atoms with Crippen LogP contribution in [0.4, 0.5) is 5.82 Å². The molecule has 100 valence electrons. The van der Waals surface area contributed by atoms with Gasteiger partial charge >= 0.3 is 0 Å². The summed E-state index contributed by atoms with van der Waals surface area (Å²) in [6, 6.07) is 5.49. The second-order valence-electron chi connectivity index (χ2n) is 4.57. The van der Waals surface area contributed by atoms with Gasteiger partial charge in [0, 0.05) is 12.2 Å². The third-order valence-electron chi connectivity index (χ3n) is 3.07. The van der Waals surface area contributed by atoms with Crippen LogP contribution in [0.25, 0.3) is 0 Å². The molecule has 0 spiro atoms. The van der Waals surface area contributed by atoms with Gasteiger partial charge in [-0.2, -0.15) is 0 Å². The zero-order valence-corrected chi connectivity index (χ0v) is 11.1. The molecule has 0 aromatic carbocycles. The number of sulfonamides is 1. The van der Waals surface area contributed by atoms with E-state index in [1.54, 1.807) is 24.4 Å². The summed E-state index contributed by atoms with van der Waals surface area (Å²) in [6.07, 6.45) is 5.67. The third kappa shape index (κ3) is 4.27. The summed E-state index contributed by atoms with van der Waals surface area (Å²) >= 11 is 0. The lowest BCUT2D eigenvalue weighted by Gasteiger charge is -2.23. The van der Waals surface area contributed by atoms with E-state index < -0.39 is 10.0 Å². The number of nitrogens with one attached hydrogen (secondary N) is 2. The van der Waals surface area contributed by atoms with E-state index in [4.69, 9.17) is 0 Å². The molecule has 2 heterocycles. The summed E-state index contributed by atoms with van der Waals surface area (Å²) in [7, 11) is -3.29. The first-order valence-corrected chi connectivity index (χ1v) is 7.96. The highest BCUT2D eigenvalue weighted by molar-refractivity contribution is 7.92. The maximum Gasteiger partial charge on any atom is 0.233 e. The molecule has 1 aliphatic heterocycles. The van der Waals surface area contributed by atoms with Gasteiger partial charge in [-0.1, -0.05) is 12.5 Å². The van der Waals surface area contributed by atoms with E-state index >= 15 is 0 Å². The lowest BCUT2D eigenvalue weighted by atomic mass is 10.0. The van der Waals surface area contributed by atoms with Gasteiger partial charge < -0.3 is 5.32 Å². The van der Waals surface area contributed by atoms with Crippen LogP contribution in [-0.2, 0) is 10.0 Å². The first-order valence-electron chi connectivity index (χ1n) is 6.31. The van der Waals surface area contributed by atoms with E-state index in [9.17, 15) is 8.42 Å². The number of pyridine rings is 1. The summed E-state index contributed by atoms with van der Waals surface area (Å²) in [5.41, 5.74) is 0. The molecule has 1 saturated heterocycles. The highest BCUT2D eigenvalue weighted by atomic mass is 32.2. The summed E-state index contributed by atoms with van der Waals surface area (Å²) in [5, 5.41) is 3.35. The van der Waals surface area contributed by atoms with Gasteiger partial charge in [-0.05, 0) is 37.9 Å². The highest BCUT2D eigenvalue weighted by Gasteiger charge is 2.17. The largest absolute Gasteiger partial charge is 0.314 e. The highest BCUT2D eigenvalue weighted by Crippen LogP contribution is 2.12. The molecule has 0 saturated carbocycles. The van der Waals surface area contributed by atoms with Crippen molar-refractivity contribution < 1.29 is 8.42 Å². The van der Waals surface area contributed by atoms with Crippen molar-refractivity contribution in [2.24, 2.45) is 0 Å². The van der Waals surface area contributed by atoms with Crippen molar-refractivity contribution in [3.05, 3.63) is 24.4 Å². The van der Waals surface area contributed by atoms with Gasteiger partial charge in [0.1, 0.15) is 5.82 Å². The molecule has 0 bridgehead atoms. The number of anilines is 1. The Hall–Kier alpha value is -1.14. The topological polar surface area (TPSA) is 71.1 Å². The molecule has 0 amide bonds. The first-order chi connectivity index (χ1) is 8.66. The van der Waals surface area contributed by atoms with Crippen molar-refractivity contribution in [1.82, 2.24) is 10.3 Å². The Morgan fingerprint density at radius 2 is 2.28 bits per heavy atom. The summed E-state index contributed by atoms with van der Waals surface area (Å²) in [4.78, 5) is 3.95. The Balaban J connectivity index is 1.83. The molecule has 18 heavy (non-hydrogen) atoms. The molecule has 1 aliphatic rings. The minimum atomic E-state index is -3.29. The van der Waals surface area contributed by atoms with E-state index in [-0.39, 0.29) is 5.75 Å². The molecule has 1 aromatic rings. The van der Waals surface area contributed by atoms with Gasteiger partial charge in [0.05, 0.1) is 5.75 Å². The number of aromatic nitrogens is 1. The zero-order valence-electron chi connectivity index (χ0n) is 10.3. The standard InChI is InChI=1S/C12H19N3O2S/c16-18(17,15-12-6-2-4-9-14-12)10-7-11-5-1-3-8-13-11/h2,4,6,9,11,13H,1,3,5,7-8,10H2,(H,14,15). The Kier molecular flexibility index (Phi) is 4.54. The second kappa shape index (κ2) is 6.15. The van der Waals surface area contributed by atoms with Crippen molar-refractivity contribution in [1.29, 1.82) is 0 Å². The van der Waals surface area contributed by atoms with E-state index in [0.29, 0.717) is 18.3 Å². The van der Waals surface area contributed by atoms with Crippen molar-refractivity contribution in [3.8, 4) is 0 Å². The number of hydrogen-bond donors (Lipinski definition) is 2. The number of hydrogen-bond acceptors (Lipinski definition) is 4. The van der Waals surface area contributed by atoms with E-state index in [2.05, 4.69) is 15.0 Å². The van der Waals surface area contributed by atoms with Crippen LogP contribution in [0.3, 0.4) is 0 Å². The van der Waals surface area contributed by atoms with E-state index in [1.807, 2.05) is 0 Å². The first kappa shape index (κ1) is 13.3. The molecular formula is C12H19N3O2S. The SMILES string of the molecule is O=S(=O)(CCC1CCCCN1)Nc1ccccn1. The predicted octanol–water partition coefficient (Wildman–Crippen LogP) is 1.36. The average molecular weight is 269 g/mol. The van der Waals surface area contributed by atoms with Crippen LogP contribution < -0.4 is 10.0 Å². The fourth-order valence-corrected chi connectivity index (χ4v) is 3.24. The van der Waals surface area contributed by atoms with Crippen molar-refractivity contribution in [2.75, 3.05) is 17.0 Å². The Morgan fingerprint density at radius 1 is 1.39 bits per heavy atom. The molecule has 1 fully saturated rings. The molecular weight excluding hydrogens is 250 g/mol. The fraction of sp³-hybridized carbons (Fsp3) is 0.583. The van der Waals surface area contributed by atoms with Gasteiger partial charge in [0.15, 0.2) is 0 Å². The van der Waals surface area contributed by atoms with E-state index in [0.717, 1.165) is 13.0 Å². The van der Waals surface area contributed by atoms with Crippen LogP contribution >= 0.6 is 0 Å². The summed E-state index contributed by atoms with van der Waals surface area (Å²) < 4.78 is 26.2. The second-order valence-corrected chi connectivity index (χ2v) is 6.41. The molecule has 1 unspecified atom stereocenters. The quantitative estimate of drug-likeness (QED) is 0.846. The molecule has 5 nitrogen and oxygen atoms in total. The van der Waals surface area contributed by atoms with Gasteiger partial charge in [-0.3, -0.25) is 4.72 Å². The smallest absolute Gasteiger partial charge is 0.233 e. The van der Waals surface area contributed by atoms with Gasteiger partial charge in [-0.25, -0.2) is 13.4 Å². The zero-order chi connectivity index (χ0) is 12.8. The van der Waals surface area contributed by atoms with Crippen LogP contribution in [0.1, 0.15) is 25.7 Å². The van der Waals surface area contributed by atoms with Crippen molar-refractivity contribution in [3.63, 3.8) is 0 Å². The monoisotopic (exact) mass is 269 g/mol. The number of nitrogens with zero attached hydrogens (tertiary/aromatic N) is 1. The third-order valence-corrected chi connectivity index (χ3v) is 4.37. The molecule has 2 rings (SSSR count). The van der Waals surface area contributed by atoms with Crippen LogP contribution in [-0.4, -0.2) is 31.7 Å². The van der Waals surface area contributed by atoms with Crippen molar-refractivity contribution >= 4 is 15.8 Å². The van der Waals surface area contributed by atoms with Gasteiger partial charge in [0.2, 0.25) is 10.0 Å². The van der Waals surface area contributed by atoms with E-state index in [1.165, 1.54) is 12.8 Å². The Morgan fingerprint density at radius 3 is 2.94 bits per heavy atom. The average Bonchev–Trinajstić information content (AvgIpc) is 2.38. The molecule has 1 atom stereocenters. The van der Waals surface area contributed by atoms with Crippen LogP contribution in [0.5, 0.6) is 0 Å². The van der Waals surface area contributed by atoms with Crippen LogP contribution in [0.15, 0.2) is 24.4 Å². The van der Waals surface area contributed by atoms with Crippen LogP contribution in [0, 0.1) is 0 Å². The Bertz CT molecular complexity index is 455. The summed E-state index contributed by atoms with van der Waals surface area (Å²) in [6.45, 7) is 0.998. The maximum absolute atomic E-state index is 11.9. The minimum Gasteiger partial charge on any atom is -0.314 e. The van der Waals surface area contributed by atoms with Gasteiger partial charge in [0.25, 0.3) is 0 Å². The molecule has 0 aliphatic carbocycles. The lowest BCUT2D eigenvalue weighted by molar-refractivity contribution is 0.393. The van der Waals surface area contributed by atoms with Crippen LogP contribution in [0.2, 0.25) is 0 Å². The number of piperidine rings is 1. The number of rotatable bonds is 5.